The lowest BCUT2D eigenvalue weighted by atomic mass is 9.80. The highest BCUT2D eigenvalue weighted by Crippen LogP contribution is 2.32. The quantitative estimate of drug-likeness (QED) is 0.347. The Labute approximate surface area is 262 Å². The average Bonchev–Trinajstić information content (AvgIpc) is 3.07. The topological polar surface area (TPSA) is 117 Å². The normalized spacial score (nSPS) is 21.4. The van der Waals surface area contributed by atoms with Crippen LogP contribution in [-0.2, 0) is 9.47 Å². The summed E-state index contributed by atoms with van der Waals surface area (Å²) in [4.78, 5) is 39.5. The molecule has 2 fully saturated rings. The van der Waals surface area contributed by atoms with Crippen molar-refractivity contribution in [1.82, 2.24) is 9.80 Å². The first-order valence-corrected chi connectivity index (χ1v) is 16.1. The minimum absolute atomic E-state index is 0.0985. The Morgan fingerprint density at radius 3 is 1.63 bits per heavy atom. The fourth-order valence-electron chi connectivity index (χ4n) is 5.51. The Morgan fingerprint density at radius 2 is 1.19 bits per heavy atom. The molecule has 0 bridgehead atoms. The van der Waals surface area contributed by atoms with Gasteiger partial charge in [0.15, 0.2) is 0 Å². The molecule has 1 saturated carbocycles. The third-order valence-electron chi connectivity index (χ3n) is 7.59. The van der Waals surface area contributed by atoms with Crippen LogP contribution in [0.15, 0.2) is 24.3 Å². The summed E-state index contributed by atoms with van der Waals surface area (Å²) in [6, 6.07) is 6.02. The molecule has 10 heteroatoms. The van der Waals surface area contributed by atoms with Crippen molar-refractivity contribution in [2.45, 2.75) is 117 Å². The maximum atomic E-state index is 13.0. The molecular weight excluding hydrogens is 572 g/mol. The van der Waals surface area contributed by atoms with Crippen LogP contribution in [0, 0.1) is 11.8 Å². The van der Waals surface area contributed by atoms with E-state index >= 15 is 0 Å². The molecule has 1 aromatic carbocycles. The predicted molar refractivity (Wildman–Crippen MR) is 169 cm³/mol. The van der Waals surface area contributed by atoms with Gasteiger partial charge in [-0.05, 0) is 78.1 Å². The zero-order valence-electron chi connectivity index (χ0n) is 26.9. The summed E-state index contributed by atoms with van der Waals surface area (Å²) >= 11 is 5.52. The number of hydrogen-bond donors (Lipinski definition) is 2. The fraction of sp³-hybridized carbons (Fsp3) is 0.727. The van der Waals surface area contributed by atoms with Crippen LogP contribution in [-0.4, -0.2) is 81.7 Å². The molecular formula is C33H53ClN2O7. The van der Waals surface area contributed by atoms with Gasteiger partial charge in [0, 0.05) is 30.6 Å². The fourth-order valence-corrected chi connectivity index (χ4v) is 5.63. The van der Waals surface area contributed by atoms with E-state index in [4.69, 9.17) is 26.2 Å². The number of carboxylic acids is 1. The second-order valence-electron chi connectivity index (χ2n) is 13.7. The van der Waals surface area contributed by atoms with Crippen LogP contribution in [0.5, 0.6) is 0 Å². The molecule has 9 nitrogen and oxygen atoms in total. The first-order valence-electron chi connectivity index (χ1n) is 15.7. The van der Waals surface area contributed by atoms with Crippen LogP contribution in [0.1, 0.15) is 110 Å². The first kappa shape index (κ1) is 36.7. The molecule has 244 valence electrons. The molecule has 2 N–H and O–H groups in total. The summed E-state index contributed by atoms with van der Waals surface area (Å²) < 4.78 is 11.3. The third kappa shape index (κ3) is 14.2. The Kier molecular flexibility index (Phi) is 14.6. The van der Waals surface area contributed by atoms with Gasteiger partial charge in [0.25, 0.3) is 0 Å². The van der Waals surface area contributed by atoms with Crippen LogP contribution in [0.25, 0.3) is 0 Å². The van der Waals surface area contributed by atoms with Crippen LogP contribution in [0.3, 0.4) is 0 Å². The van der Waals surface area contributed by atoms with E-state index in [1.54, 1.807) is 21.9 Å². The highest BCUT2D eigenvalue weighted by Gasteiger charge is 2.36. The Balaban J connectivity index is 0.000000543. The number of carbonyl (C=O) groups excluding carboxylic acids is 2. The molecule has 2 atom stereocenters. The van der Waals surface area contributed by atoms with Gasteiger partial charge in [-0.1, -0.05) is 63.0 Å². The number of benzene rings is 1. The van der Waals surface area contributed by atoms with E-state index in [9.17, 15) is 19.5 Å². The first-order chi connectivity index (χ1) is 20.1. The number of amides is 2. The zero-order chi connectivity index (χ0) is 32.2. The Bertz CT molecular complexity index is 1010. The lowest BCUT2D eigenvalue weighted by Gasteiger charge is -2.36. The molecule has 2 aliphatic rings. The third-order valence-corrected chi connectivity index (χ3v) is 7.84. The van der Waals surface area contributed by atoms with Gasteiger partial charge in [-0.25, -0.2) is 14.4 Å². The van der Waals surface area contributed by atoms with Gasteiger partial charge in [-0.3, -0.25) is 0 Å². The zero-order valence-corrected chi connectivity index (χ0v) is 27.7. The van der Waals surface area contributed by atoms with Gasteiger partial charge in [-0.2, -0.15) is 0 Å². The molecule has 1 saturated heterocycles. The standard InChI is InChI=1S/C26H48N2O5.C7H5ClO2/c1-25(2,3)32-23(30)27-16-13-17-28(24(31)33-26(4,5)6)19-22(29)21(18-27)20-14-11-9-7-8-10-12-15-20;8-6-3-1-5(2-4-6)7(9)10/h20-22,29H,7-19H2,1-6H3;1-4H,(H,9,10). The maximum Gasteiger partial charge on any atom is 0.410 e. The monoisotopic (exact) mass is 624 g/mol. The van der Waals surface area contributed by atoms with Gasteiger partial charge in [0.05, 0.1) is 18.2 Å². The van der Waals surface area contributed by atoms with E-state index in [0.29, 0.717) is 37.0 Å². The molecule has 2 amide bonds. The average molecular weight is 625 g/mol. The van der Waals surface area contributed by atoms with E-state index in [1.165, 1.54) is 37.8 Å². The van der Waals surface area contributed by atoms with Gasteiger partial charge >= 0.3 is 18.2 Å². The second-order valence-corrected chi connectivity index (χ2v) is 14.1. The Hall–Kier alpha value is -2.52. The number of carboxylic acid groups (broad SMARTS) is 1. The van der Waals surface area contributed by atoms with Crippen molar-refractivity contribution in [1.29, 1.82) is 0 Å². The van der Waals surface area contributed by atoms with E-state index in [0.717, 1.165) is 25.7 Å². The van der Waals surface area contributed by atoms with E-state index in [1.807, 2.05) is 41.5 Å². The number of halogens is 1. The summed E-state index contributed by atoms with van der Waals surface area (Å²) in [7, 11) is 0. The van der Waals surface area contributed by atoms with E-state index in [-0.39, 0.29) is 24.1 Å². The van der Waals surface area contributed by atoms with Crippen molar-refractivity contribution in [3.63, 3.8) is 0 Å². The number of aliphatic hydroxyl groups is 1. The smallest absolute Gasteiger partial charge is 0.410 e. The summed E-state index contributed by atoms with van der Waals surface area (Å²) in [5, 5.41) is 20.4. The molecule has 1 aromatic rings. The summed E-state index contributed by atoms with van der Waals surface area (Å²) in [5.74, 6) is -0.711. The lowest BCUT2D eigenvalue weighted by molar-refractivity contribution is -0.00836. The number of β-amino-alcohol motifs (C(OH)–C–C–N with tert-alkyl or cyclic N) is 1. The molecule has 1 aliphatic carbocycles. The number of rotatable bonds is 2. The number of aromatic carboxylic acids is 1. The maximum absolute atomic E-state index is 13.0. The van der Waals surface area contributed by atoms with Crippen LogP contribution >= 0.6 is 11.6 Å². The molecule has 1 heterocycles. The number of ether oxygens (including phenoxy) is 2. The number of nitrogens with zero attached hydrogens (tertiary/aromatic N) is 2. The molecule has 3 rings (SSSR count). The highest BCUT2D eigenvalue weighted by molar-refractivity contribution is 6.30. The second kappa shape index (κ2) is 17.1. The van der Waals surface area contributed by atoms with Crippen LogP contribution in [0.2, 0.25) is 5.02 Å². The van der Waals surface area contributed by atoms with Crippen molar-refractivity contribution in [2.24, 2.45) is 11.8 Å². The molecule has 0 radical (unpaired) electrons. The van der Waals surface area contributed by atoms with Gasteiger partial charge < -0.3 is 29.5 Å². The molecule has 0 aromatic heterocycles. The summed E-state index contributed by atoms with van der Waals surface area (Å²) in [6.45, 7) is 12.8. The van der Waals surface area contributed by atoms with Crippen LogP contribution in [0.4, 0.5) is 9.59 Å². The van der Waals surface area contributed by atoms with Crippen molar-refractivity contribution >= 4 is 29.8 Å². The summed E-state index contributed by atoms with van der Waals surface area (Å²) in [5.41, 5.74) is -0.922. The minimum Gasteiger partial charge on any atom is -0.478 e. The predicted octanol–water partition coefficient (Wildman–Crippen LogP) is 7.63. The van der Waals surface area contributed by atoms with Crippen molar-refractivity contribution in [2.75, 3.05) is 26.2 Å². The van der Waals surface area contributed by atoms with Gasteiger partial charge in [0.1, 0.15) is 11.2 Å². The van der Waals surface area contributed by atoms with E-state index in [2.05, 4.69) is 0 Å². The lowest BCUT2D eigenvalue weighted by Crippen LogP contribution is -2.47. The summed E-state index contributed by atoms with van der Waals surface area (Å²) in [6.07, 6.45) is 8.55. The minimum atomic E-state index is -0.934. The molecule has 0 spiro atoms. The van der Waals surface area contributed by atoms with Crippen LogP contribution < -0.4 is 0 Å². The number of carbonyl (C=O) groups is 3. The van der Waals surface area contributed by atoms with Crippen molar-refractivity contribution < 1.29 is 34.1 Å². The highest BCUT2D eigenvalue weighted by atomic mass is 35.5. The van der Waals surface area contributed by atoms with Gasteiger partial charge in [0.2, 0.25) is 0 Å². The number of aliphatic hydroxyl groups excluding tert-OH is 1. The molecule has 2 unspecified atom stereocenters. The van der Waals surface area contributed by atoms with Crippen molar-refractivity contribution in [3.05, 3.63) is 34.9 Å². The van der Waals surface area contributed by atoms with Gasteiger partial charge in [-0.15, -0.1) is 0 Å². The Morgan fingerprint density at radius 1 is 0.744 bits per heavy atom. The molecule has 1 aliphatic heterocycles. The number of hydrogen-bond acceptors (Lipinski definition) is 6. The van der Waals surface area contributed by atoms with E-state index < -0.39 is 29.4 Å². The van der Waals surface area contributed by atoms with Crippen molar-refractivity contribution in [3.8, 4) is 0 Å². The SMILES string of the molecule is CC(C)(C)OC(=O)N1CCCN(C(=O)OC(C)(C)C)CC(C2CCCCCCCC2)C(O)C1.O=C(O)c1ccc(Cl)cc1. The largest absolute Gasteiger partial charge is 0.478 e. The molecule has 43 heavy (non-hydrogen) atoms.